The van der Waals surface area contributed by atoms with Crippen LogP contribution in [0.1, 0.15) is 12.8 Å². The van der Waals surface area contributed by atoms with Crippen LogP contribution >= 0.6 is 34.5 Å². The minimum absolute atomic E-state index is 0.0556. The summed E-state index contributed by atoms with van der Waals surface area (Å²) in [6.07, 6.45) is 1.12. The van der Waals surface area contributed by atoms with E-state index in [9.17, 15) is 13.2 Å². The van der Waals surface area contributed by atoms with Crippen LogP contribution in [0.3, 0.4) is 0 Å². The van der Waals surface area contributed by atoms with Crippen molar-refractivity contribution in [2.75, 3.05) is 18.4 Å². The first-order valence-corrected chi connectivity index (χ1v) is 12.0. The summed E-state index contributed by atoms with van der Waals surface area (Å²) in [6.45, 7) is 0.417. The van der Waals surface area contributed by atoms with Gasteiger partial charge in [-0.1, -0.05) is 34.4 Å². The number of carbonyl (C=O) groups excluding carboxylic acids is 1. The zero-order valence-electron chi connectivity index (χ0n) is 15.4. The third kappa shape index (κ3) is 4.52. The minimum Gasteiger partial charge on any atom is -0.403 e. The van der Waals surface area contributed by atoms with E-state index in [-0.39, 0.29) is 28.6 Å². The van der Waals surface area contributed by atoms with E-state index in [0.717, 1.165) is 11.3 Å². The maximum absolute atomic E-state index is 12.8. The van der Waals surface area contributed by atoms with Gasteiger partial charge in [0.1, 0.15) is 4.21 Å². The van der Waals surface area contributed by atoms with Gasteiger partial charge in [-0.3, -0.25) is 10.1 Å². The Balaban J connectivity index is 1.44. The van der Waals surface area contributed by atoms with E-state index in [4.69, 9.17) is 27.6 Å². The number of carbonyl (C=O) groups is 1. The van der Waals surface area contributed by atoms with E-state index < -0.39 is 15.9 Å². The lowest BCUT2D eigenvalue weighted by Crippen LogP contribution is -2.43. The van der Waals surface area contributed by atoms with E-state index in [1.807, 2.05) is 0 Å². The van der Waals surface area contributed by atoms with Crippen molar-refractivity contribution < 1.29 is 17.6 Å². The molecule has 1 aliphatic rings. The molecule has 1 saturated heterocycles. The molecule has 1 aromatic carbocycles. The molecule has 0 spiro atoms. The van der Waals surface area contributed by atoms with Crippen molar-refractivity contribution in [3.63, 3.8) is 0 Å². The maximum Gasteiger partial charge on any atom is 0.322 e. The van der Waals surface area contributed by atoms with Crippen LogP contribution in [-0.4, -0.2) is 41.9 Å². The van der Waals surface area contributed by atoms with Gasteiger partial charge in [0, 0.05) is 23.7 Å². The number of sulfonamides is 1. The predicted molar refractivity (Wildman–Crippen MR) is 114 cm³/mol. The summed E-state index contributed by atoms with van der Waals surface area (Å²) >= 11 is 12.8. The molecule has 1 aliphatic heterocycles. The smallest absolute Gasteiger partial charge is 0.322 e. The Morgan fingerprint density at radius 1 is 1.23 bits per heavy atom. The highest BCUT2D eigenvalue weighted by molar-refractivity contribution is 7.91. The molecule has 30 heavy (non-hydrogen) atoms. The largest absolute Gasteiger partial charge is 0.403 e. The monoisotopic (exact) mass is 486 g/mol. The maximum atomic E-state index is 12.8. The van der Waals surface area contributed by atoms with Crippen molar-refractivity contribution in [3.8, 4) is 11.5 Å². The van der Waals surface area contributed by atoms with Crippen LogP contribution in [0.15, 0.2) is 45.0 Å². The van der Waals surface area contributed by atoms with E-state index in [1.54, 1.807) is 30.3 Å². The van der Waals surface area contributed by atoms with Gasteiger partial charge in [-0.15, -0.1) is 16.4 Å². The molecule has 1 amide bonds. The standard InChI is InChI=1S/C18H16Cl2N4O4S2/c19-13-5-1-3-11(9-13)17-22-23-18(28-17)21-16(25)12-4-2-8-24(10-12)30(26,27)15-7-6-14(20)29-15/h1,3,5-7,9,12H,2,4,8,10H2,(H,21,23,25). The summed E-state index contributed by atoms with van der Waals surface area (Å²) in [5.74, 6) is -0.693. The number of nitrogens with one attached hydrogen (secondary N) is 1. The lowest BCUT2D eigenvalue weighted by Gasteiger charge is -2.30. The molecule has 1 fully saturated rings. The topological polar surface area (TPSA) is 105 Å². The molecular formula is C18H16Cl2N4O4S2. The number of amides is 1. The van der Waals surface area contributed by atoms with Gasteiger partial charge < -0.3 is 4.42 Å². The first-order chi connectivity index (χ1) is 14.3. The van der Waals surface area contributed by atoms with E-state index >= 15 is 0 Å². The number of halogens is 2. The number of hydrogen-bond acceptors (Lipinski definition) is 7. The van der Waals surface area contributed by atoms with Crippen molar-refractivity contribution in [1.82, 2.24) is 14.5 Å². The second kappa shape index (κ2) is 8.64. The fourth-order valence-corrected chi connectivity index (χ4v) is 6.51. The number of rotatable bonds is 5. The van der Waals surface area contributed by atoms with Crippen molar-refractivity contribution >= 4 is 56.5 Å². The molecule has 158 valence electrons. The Morgan fingerprint density at radius 3 is 2.80 bits per heavy atom. The summed E-state index contributed by atoms with van der Waals surface area (Å²) in [4.78, 5) is 12.7. The Morgan fingerprint density at radius 2 is 2.07 bits per heavy atom. The third-order valence-corrected chi connectivity index (χ3v) is 8.42. The van der Waals surface area contributed by atoms with Gasteiger partial charge in [0.15, 0.2) is 0 Å². The number of nitrogens with zero attached hydrogens (tertiary/aromatic N) is 3. The first kappa shape index (κ1) is 21.3. The molecule has 3 heterocycles. The Labute approximate surface area is 186 Å². The van der Waals surface area contributed by atoms with Gasteiger partial charge in [0.25, 0.3) is 10.0 Å². The Hall–Kier alpha value is -1.98. The summed E-state index contributed by atoms with van der Waals surface area (Å²) in [5, 5.41) is 10.9. The van der Waals surface area contributed by atoms with Crippen LogP contribution in [0.4, 0.5) is 6.01 Å². The van der Waals surface area contributed by atoms with E-state index in [0.29, 0.717) is 34.3 Å². The molecule has 1 atom stereocenters. The minimum atomic E-state index is -3.69. The van der Waals surface area contributed by atoms with Crippen LogP contribution in [-0.2, 0) is 14.8 Å². The molecule has 8 nitrogen and oxygen atoms in total. The SMILES string of the molecule is O=C(Nc1nnc(-c2cccc(Cl)c2)o1)C1CCCN(S(=O)(=O)c2ccc(Cl)s2)C1. The number of aromatic nitrogens is 2. The van der Waals surface area contributed by atoms with Crippen LogP contribution in [0.5, 0.6) is 0 Å². The summed E-state index contributed by atoms with van der Waals surface area (Å²) < 4.78 is 33.0. The number of piperidine rings is 1. The number of hydrogen-bond donors (Lipinski definition) is 1. The van der Waals surface area contributed by atoms with Crippen LogP contribution in [0, 0.1) is 5.92 Å². The quantitative estimate of drug-likeness (QED) is 0.580. The zero-order valence-corrected chi connectivity index (χ0v) is 18.6. The molecule has 4 rings (SSSR count). The van der Waals surface area contributed by atoms with Crippen LogP contribution in [0.2, 0.25) is 9.36 Å². The molecule has 0 saturated carbocycles. The predicted octanol–water partition coefficient (Wildman–Crippen LogP) is 4.14. The molecule has 3 aromatic rings. The second-order valence-electron chi connectivity index (χ2n) is 6.67. The van der Waals surface area contributed by atoms with Gasteiger partial charge >= 0.3 is 6.01 Å². The van der Waals surface area contributed by atoms with Gasteiger partial charge in [0.05, 0.1) is 10.3 Å². The number of benzene rings is 1. The number of thiophene rings is 1. The molecule has 12 heteroatoms. The van der Waals surface area contributed by atoms with E-state index in [1.165, 1.54) is 10.4 Å². The fourth-order valence-electron chi connectivity index (χ4n) is 3.16. The molecule has 1 unspecified atom stereocenters. The van der Waals surface area contributed by atoms with Crippen LogP contribution in [0.25, 0.3) is 11.5 Å². The average Bonchev–Trinajstić information content (AvgIpc) is 3.37. The molecule has 1 N–H and O–H groups in total. The molecular weight excluding hydrogens is 471 g/mol. The van der Waals surface area contributed by atoms with Gasteiger partial charge in [0.2, 0.25) is 11.8 Å². The Kier molecular flexibility index (Phi) is 6.12. The van der Waals surface area contributed by atoms with Gasteiger partial charge in [-0.25, -0.2) is 8.42 Å². The van der Waals surface area contributed by atoms with Crippen molar-refractivity contribution in [2.45, 2.75) is 17.1 Å². The zero-order chi connectivity index (χ0) is 21.3. The molecule has 0 aliphatic carbocycles. The van der Waals surface area contributed by atoms with Crippen molar-refractivity contribution in [2.24, 2.45) is 5.92 Å². The highest BCUT2D eigenvalue weighted by atomic mass is 35.5. The van der Waals surface area contributed by atoms with Crippen molar-refractivity contribution in [3.05, 3.63) is 45.8 Å². The van der Waals surface area contributed by atoms with Crippen LogP contribution < -0.4 is 5.32 Å². The highest BCUT2D eigenvalue weighted by Gasteiger charge is 2.34. The Bertz CT molecular complexity index is 1180. The second-order valence-corrected chi connectivity index (χ2v) is 11.0. The average molecular weight is 487 g/mol. The fraction of sp³-hybridized carbons (Fsp3) is 0.278. The van der Waals surface area contributed by atoms with E-state index in [2.05, 4.69) is 15.5 Å². The number of anilines is 1. The summed E-state index contributed by atoms with van der Waals surface area (Å²) in [6, 6.07) is 9.85. The summed E-state index contributed by atoms with van der Waals surface area (Å²) in [7, 11) is -3.69. The highest BCUT2D eigenvalue weighted by Crippen LogP contribution is 2.31. The molecule has 0 bridgehead atoms. The first-order valence-electron chi connectivity index (χ1n) is 8.99. The lowest BCUT2D eigenvalue weighted by atomic mass is 9.99. The van der Waals surface area contributed by atoms with Gasteiger partial charge in [-0.05, 0) is 43.2 Å². The van der Waals surface area contributed by atoms with Gasteiger partial charge in [-0.2, -0.15) is 4.31 Å². The van der Waals surface area contributed by atoms with Crippen molar-refractivity contribution in [1.29, 1.82) is 0 Å². The molecule has 0 radical (unpaired) electrons. The summed E-state index contributed by atoms with van der Waals surface area (Å²) in [5.41, 5.74) is 0.625. The lowest BCUT2D eigenvalue weighted by molar-refractivity contribution is -0.121. The molecule has 2 aromatic heterocycles. The third-order valence-electron chi connectivity index (χ3n) is 4.62. The normalized spacial score (nSPS) is 17.7.